The van der Waals surface area contributed by atoms with Crippen molar-refractivity contribution < 1.29 is 9.53 Å². The van der Waals surface area contributed by atoms with E-state index >= 15 is 0 Å². The molecule has 0 aliphatic heterocycles. The summed E-state index contributed by atoms with van der Waals surface area (Å²) in [6, 6.07) is 19.7. The van der Waals surface area contributed by atoms with Gasteiger partial charge in [0.15, 0.2) is 0 Å². The van der Waals surface area contributed by atoms with Gasteiger partial charge < -0.3 is 25.6 Å². The van der Waals surface area contributed by atoms with E-state index in [0.29, 0.717) is 19.6 Å². The second kappa shape index (κ2) is 10.5. The Balaban J connectivity index is 1.44. The average Bonchev–Trinajstić information content (AvgIpc) is 2.76. The zero-order valence-electron chi connectivity index (χ0n) is 17.7. The summed E-state index contributed by atoms with van der Waals surface area (Å²) in [5.41, 5.74) is 2.03. The standard InChI is InChI=1S/C23H29N5O2/c1-28(2)21(18-8-6-9-19(15-18)30-3)16-26-23(29)25-14-13-24-22-12-11-17-7-4-5-10-20(17)27-22/h4-12,15,21H,13-14,16H2,1-3H3,(H,24,27)(H2,25,26,29). The summed E-state index contributed by atoms with van der Waals surface area (Å²) in [6.45, 7) is 1.57. The normalized spacial score (nSPS) is 11.9. The van der Waals surface area contributed by atoms with E-state index in [1.807, 2.05) is 74.8 Å². The summed E-state index contributed by atoms with van der Waals surface area (Å²) < 4.78 is 5.31. The molecule has 3 rings (SSSR count). The van der Waals surface area contributed by atoms with Crippen molar-refractivity contribution in [2.24, 2.45) is 0 Å². The van der Waals surface area contributed by atoms with E-state index in [2.05, 4.69) is 25.8 Å². The Morgan fingerprint density at radius 1 is 1.03 bits per heavy atom. The van der Waals surface area contributed by atoms with E-state index in [1.54, 1.807) is 7.11 Å². The van der Waals surface area contributed by atoms with Crippen molar-refractivity contribution >= 4 is 22.8 Å². The van der Waals surface area contributed by atoms with Crippen molar-refractivity contribution in [2.75, 3.05) is 46.2 Å². The molecular weight excluding hydrogens is 378 g/mol. The Morgan fingerprint density at radius 2 is 1.87 bits per heavy atom. The number of aromatic nitrogens is 1. The van der Waals surface area contributed by atoms with Crippen molar-refractivity contribution in [3.8, 4) is 5.75 Å². The first-order valence-electron chi connectivity index (χ1n) is 9.98. The van der Waals surface area contributed by atoms with Crippen LogP contribution in [0.3, 0.4) is 0 Å². The summed E-state index contributed by atoms with van der Waals surface area (Å²) >= 11 is 0. The van der Waals surface area contributed by atoms with Crippen molar-refractivity contribution in [3.05, 3.63) is 66.2 Å². The van der Waals surface area contributed by atoms with Crippen LogP contribution in [0, 0.1) is 0 Å². The molecule has 1 aromatic heterocycles. The highest BCUT2D eigenvalue weighted by atomic mass is 16.5. The van der Waals surface area contributed by atoms with Crippen LogP contribution >= 0.6 is 0 Å². The van der Waals surface area contributed by atoms with Crippen molar-refractivity contribution in [3.63, 3.8) is 0 Å². The van der Waals surface area contributed by atoms with Crippen molar-refractivity contribution in [1.29, 1.82) is 0 Å². The molecule has 0 radical (unpaired) electrons. The molecule has 1 unspecified atom stereocenters. The number of nitrogens with one attached hydrogen (secondary N) is 3. The van der Waals surface area contributed by atoms with Crippen molar-refractivity contribution in [1.82, 2.24) is 20.5 Å². The van der Waals surface area contributed by atoms with E-state index in [0.717, 1.165) is 28.0 Å². The van der Waals surface area contributed by atoms with Crippen molar-refractivity contribution in [2.45, 2.75) is 6.04 Å². The van der Waals surface area contributed by atoms with Crippen LogP contribution in [0.15, 0.2) is 60.7 Å². The number of hydrogen-bond acceptors (Lipinski definition) is 5. The molecule has 0 aliphatic carbocycles. The van der Waals surface area contributed by atoms with Crippen LogP contribution in [0.25, 0.3) is 10.9 Å². The first-order valence-corrected chi connectivity index (χ1v) is 9.98. The second-order valence-electron chi connectivity index (χ2n) is 7.21. The van der Waals surface area contributed by atoms with Gasteiger partial charge in [-0.1, -0.05) is 30.3 Å². The largest absolute Gasteiger partial charge is 0.497 e. The summed E-state index contributed by atoms with van der Waals surface area (Å²) in [4.78, 5) is 18.8. The Hall–Kier alpha value is -3.32. The number of carbonyl (C=O) groups is 1. The molecule has 0 bridgehead atoms. The lowest BCUT2D eigenvalue weighted by molar-refractivity contribution is 0.233. The number of anilines is 1. The number of fused-ring (bicyclic) bond motifs is 1. The number of likely N-dealkylation sites (N-methyl/N-ethyl adjacent to an activating group) is 1. The Labute approximate surface area is 177 Å². The van der Waals surface area contributed by atoms with Gasteiger partial charge in [-0.25, -0.2) is 9.78 Å². The molecule has 158 valence electrons. The van der Waals surface area contributed by atoms with Gasteiger partial charge in [-0.05, 0) is 50.0 Å². The smallest absolute Gasteiger partial charge is 0.314 e. The predicted molar refractivity (Wildman–Crippen MR) is 121 cm³/mol. The molecule has 0 aliphatic rings. The third-order valence-electron chi connectivity index (χ3n) is 4.87. The number of benzene rings is 2. The maximum atomic E-state index is 12.2. The molecule has 7 heteroatoms. The third-order valence-corrected chi connectivity index (χ3v) is 4.87. The van der Waals surface area contributed by atoms with Crippen LogP contribution in [-0.2, 0) is 0 Å². The Kier molecular flexibility index (Phi) is 7.45. The number of methoxy groups -OCH3 is 1. The fraction of sp³-hybridized carbons (Fsp3) is 0.304. The van der Waals surface area contributed by atoms with Gasteiger partial charge in [-0.3, -0.25) is 0 Å². The molecule has 1 atom stereocenters. The number of para-hydroxylation sites is 1. The van der Waals surface area contributed by atoms with E-state index in [4.69, 9.17) is 4.74 Å². The summed E-state index contributed by atoms with van der Waals surface area (Å²) in [5.74, 6) is 1.60. The number of urea groups is 1. The number of rotatable bonds is 9. The number of amides is 2. The summed E-state index contributed by atoms with van der Waals surface area (Å²) in [7, 11) is 5.63. The van der Waals surface area contributed by atoms with Gasteiger partial charge in [0, 0.05) is 25.0 Å². The highest BCUT2D eigenvalue weighted by Gasteiger charge is 2.15. The second-order valence-corrected chi connectivity index (χ2v) is 7.21. The highest BCUT2D eigenvalue weighted by Crippen LogP contribution is 2.22. The topological polar surface area (TPSA) is 78.5 Å². The first kappa shape index (κ1) is 21.4. The number of carbonyl (C=O) groups excluding carboxylic acids is 1. The van der Waals surface area contributed by atoms with Crippen LogP contribution in [-0.4, -0.2) is 56.8 Å². The highest BCUT2D eigenvalue weighted by molar-refractivity contribution is 5.80. The Bertz CT molecular complexity index is 976. The van der Waals surface area contributed by atoms with Gasteiger partial charge in [-0.2, -0.15) is 0 Å². The molecule has 30 heavy (non-hydrogen) atoms. The molecule has 0 spiro atoms. The number of hydrogen-bond donors (Lipinski definition) is 3. The van der Waals surface area contributed by atoms with Crippen LogP contribution < -0.4 is 20.7 Å². The SMILES string of the molecule is COc1cccc(C(CNC(=O)NCCNc2ccc3ccccc3n2)N(C)C)c1. The monoisotopic (exact) mass is 407 g/mol. The molecule has 3 N–H and O–H groups in total. The van der Waals surface area contributed by atoms with Crippen LogP contribution in [0.2, 0.25) is 0 Å². The average molecular weight is 408 g/mol. The maximum absolute atomic E-state index is 12.2. The van der Waals surface area contributed by atoms with Gasteiger partial charge in [0.05, 0.1) is 18.7 Å². The fourth-order valence-corrected chi connectivity index (χ4v) is 3.23. The van der Waals surface area contributed by atoms with Crippen LogP contribution in [0.5, 0.6) is 5.75 Å². The molecule has 2 aromatic carbocycles. The molecule has 0 saturated carbocycles. The first-order chi connectivity index (χ1) is 14.6. The molecule has 0 saturated heterocycles. The molecular formula is C23H29N5O2. The molecule has 7 nitrogen and oxygen atoms in total. The van der Waals surface area contributed by atoms with Gasteiger partial charge in [0.25, 0.3) is 0 Å². The number of ether oxygens (including phenoxy) is 1. The number of pyridine rings is 1. The minimum Gasteiger partial charge on any atom is -0.497 e. The van der Waals surface area contributed by atoms with E-state index < -0.39 is 0 Å². The third kappa shape index (κ3) is 5.84. The molecule has 3 aromatic rings. The van der Waals surface area contributed by atoms with Crippen LogP contribution in [0.1, 0.15) is 11.6 Å². The lowest BCUT2D eigenvalue weighted by atomic mass is 10.1. The number of nitrogens with zero attached hydrogens (tertiary/aromatic N) is 2. The molecule has 2 amide bonds. The molecule has 0 fully saturated rings. The van der Waals surface area contributed by atoms with Gasteiger partial charge in [-0.15, -0.1) is 0 Å². The zero-order chi connectivity index (χ0) is 21.3. The van der Waals surface area contributed by atoms with Gasteiger partial charge >= 0.3 is 6.03 Å². The summed E-state index contributed by atoms with van der Waals surface area (Å²) in [5, 5.41) is 10.2. The quantitative estimate of drug-likeness (QED) is 0.475. The van der Waals surface area contributed by atoms with E-state index in [9.17, 15) is 4.79 Å². The van der Waals surface area contributed by atoms with Gasteiger partial charge in [0.1, 0.15) is 11.6 Å². The van der Waals surface area contributed by atoms with Gasteiger partial charge in [0.2, 0.25) is 0 Å². The maximum Gasteiger partial charge on any atom is 0.314 e. The van der Waals surface area contributed by atoms with E-state index in [1.165, 1.54) is 0 Å². The minimum absolute atomic E-state index is 0.0470. The predicted octanol–water partition coefficient (Wildman–Crippen LogP) is 3.26. The Morgan fingerprint density at radius 3 is 2.67 bits per heavy atom. The zero-order valence-corrected chi connectivity index (χ0v) is 17.7. The van der Waals surface area contributed by atoms with Crippen LogP contribution in [0.4, 0.5) is 10.6 Å². The lowest BCUT2D eigenvalue weighted by Crippen LogP contribution is -2.41. The molecule has 1 heterocycles. The lowest BCUT2D eigenvalue weighted by Gasteiger charge is -2.25. The minimum atomic E-state index is -0.196. The summed E-state index contributed by atoms with van der Waals surface area (Å²) in [6.07, 6.45) is 0. The fourth-order valence-electron chi connectivity index (χ4n) is 3.23. The van der Waals surface area contributed by atoms with E-state index in [-0.39, 0.29) is 12.1 Å².